The number of aromatic nitrogens is 1. The molecule has 0 amide bonds. The van der Waals surface area contributed by atoms with Crippen LogP contribution in [0, 0.1) is 6.92 Å². The lowest BCUT2D eigenvalue weighted by Crippen LogP contribution is -2.04. The van der Waals surface area contributed by atoms with E-state index in [9.17, 15) is 9.90 Å². The molecule has 2 aromatic rings. The van der Waals surface area contributed by atoms with Crippen molar-refractivity contribution < 1.29 is 14.4 Å². The molecule has 1 aliphatic carbocycles. The Morgan fingerprint density at radius 3 is 2.71 bits per heavy atom. The average Bonchev–Trinajstić information content (AvgIpc) is 3.07. The lowest BCUT2D eigenvalue weighted by Gasteiger charge is -2.06. The van der Waals surface area contributed by atoms with Gasteiger partial charge in [-0.3, -0.25) is 0 Å². The standard InChI is InChI=1S/C16H16BrNO3/c1-9-6-7-11(12(17)8-9)14-13(16(19)20)15(21-18-14)10-4-2-3-5-10/h6-8,10H,2-5H2,1H3,(H,19,20). The molecule has 1 fully saturated rings. The zero-order valence-corrected chi connectivity index (χ0v) is 13.3. The van der Waals surface area contributed by atoms with Gasteiger partial charge in [-0.2, -0.15) is 0 Å². The van der Waals surface area contributed by atoms with E-state index in [0.717, 1.165) is 41.3 Å². The molecular weight excluding hydrogens is 334 g/mol. The van der Waals surface area contributed by atoms with Gasteiger partial charge in [0, 0.05) is 16.0 Å². The van der Waals surface area contributed by atoms with Crippen LogP contribution in [0.1, 0.15) is 53.3 Å². The Hall–Kier alpha value is -1.62. The summed E-state index contributed by atoms with van der Waals surface area (Å²) < 4.78 is 6.26. The summed E-state index contributed by atoms with van der Waals surface area (Å²) in [5, 5.41) is 13.6. The highest BCUT2D eigenvalue weighted by Crippen LogP contribution is 2.40. The Bertz CT molecular complexity index is 687. The first kappa shape index (κ1) is 14.3. The van der Waals surface area contributed by atoms with Gasteiger partial charge in [0.15, 0.2) is 5.76 Å². The van der Waals surface area contributed by atoms with Gasteiger partial charge < -0.3 is 9.63 Å². The van der Waals surface area contributed by atoms with Crippen LogP contribution < -0.4 is 0 Å². The summed E-state index contributed by atoms with van der Waals surface area (Å²) in [5.74, 6) is -0.260. The fraction of sp³-hybridized carbons (Fsp3) is 0.375. The average molecular weight is 350 g/mol. The molecule has 21 heavy (non-hydrogen) atoms. The SMILES string of the molecule is Cc1ccc(-c2noc(C3CCCC3)c2C(=O)O)c(Br)c1. The Morgan fingerprint density at radius 2 is 2.10 bits per heavy atom. The summed E-state index contributed by atoms with van der Waals surface area (Å²) in [5.41, 5.74) is 2.48. The van der Waals surface area contributed by atoms with E-state index >= 15 is 0 Å². The number of benzene rings is 1. The normalized spacial score (nSPS) is 15.5. The van der Waals surface area contributed by atoms with E-state index in [2.05, 4.69) is 21.1 Å². The molecule has 1 aliphatic rings. The first-order chi connectivity index (χ1) is 10.1. The van der Waals surface area contributed by atoms with Crippen LogP contribution in [0.2, 0.25) is 0 Å². The predicted octanol–water partition coefficient (Wildman–Crippen LogP) is 4.77. The Morgan fingerprint density at radius 1 is 1.38 bits per heavy atom. The Balaban J connectivity index is 2.12. The third-order valence-corrected chi connectivity index (χ3v) is 4.69. The first-order valence-electron chi connectivity index (χ1n) is 7.07. The number of hydrogen-bond donors (Lipinski definition) is 1. The van der Waals surface area contributed by atoms with E-state index in [1.807, 2.05) is 25.1 Å². The maximum absolute atomic E-state index is 11.7. The highest BCUT2D eigenvalue weighted by Gasteiger charge is 2.31. The van der Waals surface area contributed by atoms with Gasteiger partial charge in [-0.05, 0) is 31.4 Å². The van der Waals surface area contributed by atoms with Gasteiger partial charge in [0.05, 0.1) is 0 Å². The van der Waals surface area contributed by atoms with Crippen LogP contribution in [-0.4, -0.2) is 16.2 Å². The van der Waals surface area contributed by atoms with Crippen LogP contribution >= 0.6 is 15.9 Å². The van der Waals surface area contributed by atoms with E-state index in [0.29, 0.717) is 11.5 Å². The van der Waals surface area contributed by atoms with Crippen molar-refractivity contribution in [2.75, 3.05) is 0 Å². The molecule has 110 valence electrons. The monoisotopic (exact) mass is 349 g/mol. The molecule has 0 spiro atoms. The van der Waals surface area contributed by atoms with Crippen molar-refractivity contribution in [3.05, 3.63) is 39.6 Å². The third kappa shape index (κ3) is 2.62. The number of halogens is 1. The van der Waals surface area contributed by atoms with Gasteiger partial charge >= 0.3 is 5.97 Å². The summed E-state index contributed by atoms with van der Waals surface area (Å²) in [4.78, 5) is 11.7. The second-order valence-corrected chi connectivity index (χ2v) is 6.39. The number of aromatic carboxylic acids is 1. The number of carbonyl (C=O) groups is 1. The molecule has 0 unspecified atom stereocenters. The van der Waals surface area contributed by atoms with Crippen LogP contribution in [-0.2, 0) is 0 Å². The molecule has 5 heteroatoms. The second-order valence-electron chi connectivity index (χ2n) is 5.54. The van der Waals surface area contributed by atoms with Crippen molar-refractivity contribution in [2.45, 2.75) is 38.5 Å². The quantitative estimate of drug-likeness (QED) is 0.866. The van der Waals surface area contributed by atoms with Crippen LogP contribution in [0.3, 0.4) is 0 Å². The fourth-order valence-electron chi connectivity index (χ4n) is 2.97. The van der Waals surface area contributed by atoms with Crippen molar-refractivity contribution in [1.29, 1.82) is 0 Å². The van der Waals surface area contributed by atoms with Crippen molar-refractivity contribution in [2.24, 2.45) is 0 Å². The van der Waals surface area contributed by atoms with Crippen LogP contribution in [0.5, 0.6) is 0 Å². The van der Waals surface area contributed by atoms with Crippen molar-refractivity contribution in [1.82, 2.24) is 5.16 Å². The maximum atomic E-state index is 11.7. The molecule has 4 nitrogen and oxygen atoms in total. The van der Waals surface area contributed by atoms with Gasteiger partial charge in [-0.25, -0.2) is 4.79 Å². The summed E-state index contributed by atoms with van der Waals surface area (Å²) in [7, 11) is 0. The highest BCUT2D eigenvalue weighted by atomic mass is 79.9. The van der Waals surface area contributed by atoms with Crippen molar-refractivity contribution in [3.63, 3.8) is 0 Å². The molecule has 1 aromatic carbocycles. The first-order valence-corrected chi connectivity index (χ1v) is 7.86. The fourth-order valence-corrected chi connectivity index (χ4v) is 3.65. The molecule has 0 bridgehead atoms. The molecular formula is C16H16BrNO3. The van der Waals surface area contributed by atoms with Gasteiger partial charge in [-0.15, -0.1) is 0 Å². The minimum absolute atomic E-state index is 0.182. The van der Waals surface area contributed by atoms with E-state index in [4.69, 9.17) is 4.52 Å². The van der Waals surface area contributed by atoms with Crippen LogP contribution in [0.15, 0.2) is 27.2 Å². The lowest BCUT2D eigenvalue weighted by molar-refractivity contribution is 0.0694. The largest absolute Gasteiger partial charge is 0.477 e. The topological polar surface area (TPSA) is 63.3 Å². The molecule has 1 N–H and O–H groups in total. The van der Waals surface area contributed by atoms with E-state index in [-0.39, 0.29) is 11.5 Å². The zero-order valence-electron chi connectivity index (χ0n) is 11.7. The van der Waals surface area contributed by atoms with Crippen LogP contribution in [0.4, 0.5) is 0 Å². The molecule has 1 saturated carbocycles. The molecule has 0 radical (unpaired) electrons. The zero-order chi connectivity index (χ0) is 15.0. The minimum atomic E-state index is -0.972. The summed E-state index contributed by atoms with van der Waals surface area (Å²) in [6, 6.07) is 5.77. The summed E-state index contributed by atoms with van der Waals surface area (Å²) >= 11 is 3.49. The Kier molecular flexibility index (Phi) is 3.85. The number of rotatable bonds is 3. The second kappa shape index (κ2) is 5.64. The number of nitrogens with zero attached hydrogens (tertiary/aromatic N) is 1. The predicted molar refractivity (Wildman–Crippen MR) is 82.5 cm³/mol. The minimum Gasteiger partial charge on any atom is -0.477 e. The smallest absolute Gasteiger partial charge is 0.341 e. The van der Waals surface area contributed by atoms with E-state index in [1.165, 1.54) is 0 Å². The van der Waals surface area contributed by atoms with Gasteiger partial charge in [0.1, 0.15) is 11.3 Å². The number of carboxylic acid groups (broad SMARTS) is 1. The number of aryl methyl sites for hydroxylation is 1. The molecule has 0 saturated heterocycles. The summed E-state index contributed by atoms with van der Waals surface area (Å²) in [6.45, 7) is 1.99. The van der Waals surface area contributed by atoms with Gasteiger partial charge in [0.2, 0.25) is 0 Å². The number of hydrogen-bond acceptors (Lipinski definition) is 3. The molecule has 1 aromatic heterocycles. The van der Waals surface area contributed by atoms with E-state index < -0.39 is 5.97 Å². The molecule has 1 heterocycles. The van der Waals surface area contributed by atoms with Crippen molar-refractivity contribution >= 4 is 21.9 Å². The number of carboxylic acids is 1. The lowest BCUT2D eigenvalue weighted by atomic mass is 9.97. The highest BCUT2D eigenvalue weighted by molar-refractivity contribution is 9.10. The van der Waals surface area contributed by atoms with Crippen LogP contribution in [0.25, 0.3) is 11.3 Å². The molecule has 0 atom stereocenters. The molecule has 0 aliphatic heterocycles. The van der Waals surface area contributed by atoms with Gasteiger partial charge in [-0.1, -0.05) is 46.1 Å². The van der Waals surface area contributed by atoms with Gasteiger partial charge in [0.25, 0.3) is 0 Å². The van der Waals surface area contributed by atoms with Crippen molar-refractivity contribution in [3.8, 4) is 11.3 Å². The Labute approximate surface area is 131 Å². The van der Waals surface area contributed by atoms with E-state index in [1.54, 1.807) is 0 Å². The maximum Gasteiger partial charge on any atom is 0.341 e. The summed E-state index contributed by atoms with van der Waals surface area (Å²) in [6.07, 6.45) is 4.19. The molecule has 3 rings (SSSR count). The third-order valence-electron chi connectivity index (χ3n) is 4.04.